The van der Waals surface area contributed by atoms with E-state index in [9.17, 15) is 22.0 Å². The fourth-order valence-electron chi connectivity index (χ4n) is 2.17. The molecule has 2 N–H and O–H groups in total. The highest BCUT2D eigenvalue weighted by Gasteiger charge is 2.38. The van der Waals surface area contributed by atoms with Gasteiger partial charge in [0.25, 0.3) is 0 Å². The van der Waals surface area contributed by atoms with Gasteiger partial charge in [0, 0.05) is 32.7 Å². The Morgan fingerprint density at radius 1 is 1.43 bits per heavy atom. The Labute approximate surface area is 121 Å². The zero-order chi connectivity index (χ0) is 15.6. The summed E-state index contributed by atoms with van der Waals surface area (Å²) in [6.07, 6.45) is 0. The highest BCUT2D eigenvalue weighted by Crippen LogP contribution is 2.22. The van der Waals surface area contributed by atoms with Crippen LogP contribution >= 0.6 is 0 Å². The first-order valence-electron chi connectivity index (χ1n) is 6.27. The quantitative estimate of drug-likeness (QED) is 0.800. The van der Waals surface area contributed by atoms with Crippen LogP contribution in [-0.4, -0.2) is 51.4 Å². The number of rotatable bonds is 3. The van der Waals surface area contributed by atoms with Crippen molar-refractivity contribution in [3.63, 3.8) is 0 Å². The average Bonchev–Trinajstić information content (AvgIpc) is 2.46. The van der Waals surface area contributed by atoms with Crippen molar-refractivity contribution in [3.8, 4) is 0 Å². The van der Waals surface area contributed by atoms with Crippen LogP contribution in [0, 0.1) is 11.6 Å². The maximum atomic E-state index is 13.7. The molecule has 2 rings (SSSR count). The molecule has 21 heavy (non-hydrogen) atoms. The number of hydrogen-bond acceptors (Lipinski definition) is 4. The molecule has 1 aromatic carbocycles. The highest BCUT2D eigenvalue weighted by atomic mass is 32.2. The SMILES string of the molecule is CNC(=O)C1CNCCN1S(=O)(=O)c1ccc(F)cc1F. The van der Waals surface area contributed by atoms with E-state index in [0.717, 1.165) is 16.4 Å². The lowest BCUT2D eigenvalue weighted by Crippen LogP contribution is -2.59. The Kier molecular flexibility index (Phi) is 4.55. The predicted molar refractivity (Wildman–Crippen MR) is 71.0 cm³/mol. The second kappa shape index (κ2) is 6.04. The smallest absolute Gasteiger partial charge is 0.246 e. The van der Waals surface area contributed by atoms with Crippen LogP contribution in [0.1, 0.15) is 0 Å². The van der Waals surface area contributed by atoms with E-state index in [1.54, 1.807) is 0 Å². The Bertz CT molecular complexity index is 651. The summed E-state index contributed by atoms with van der Waals surface area (Å²) >= 11 is 0. The lowest BCUT2D eigenvalue weighted by atomic mass is 10.2. The number of benzene rings is 1. The minimum absolute atomic E-state index is 0.0250. The van der Waals surface area contributed by atoms with Crippen molar-refractivity contribution in [3.05, 3.63) is 29.8 Å². The number of hydrogen-bond donors (Lipinski definition) is 2. The summed E-state index contributed by atoms with van der Waals surface area (Å²) in [7, 11) is -2.83. The van der Waals surface area contributed by atoms with Gasteiger partial charge in [-0.15, -0.1) is 0 Å². The Morgan fingerprint density at radius 2 is 2.14 bits per heavy atom. The van der Waals surface area contributed by atoms with Crippen molar-refractivity contribution >= 4 is 15.9 Å². The molecule has 0 spiro atoms. The van der Waals surface area contributed by atoms with Crippen LogP contribution in [0.25, 0.3) is 0 Å². The lowest BCUT2D eigenvalue weighted by molar-refractivity contribution is -0.124. The van der Waals surface area contributed by atoms with E-state index in [1.807, 2.05) is 0 Å². The van der Waals surface area contributed by atoms with Gasteiger partial charge in [0.05, 0.1) is 0 Å². The Balaban J connectivity index is 2.43. The molecule has 1 heterocycles. The van der Waals surface area contributed by atoms with E-state index in [4.69, 9.17) is 0 Å². The van der Waals surface area contributed by atoms with Gasteiger partial charge in [-0.3, -0.25) is 4.79 Å². The molecular weight excluding hydrogens is 304 g/mol. The summed E-state index contributed by atoms with van der Waals surface area (Å²) in [6.45, 7) is 0.495. The molecule has 116 valence electrons. The molecule has 0 bridgehead atoms. The third-order valence-corrected chi connectivity index (χ3v) is 5.17. The van der Waals surface area contributed by atoms with Crippen LogP contribution in [0.15, 0.2) is 23.1 Å². The second-order valence-corrected chi connectivity index (χ2v) is 6.38. The van der Waals surface area contributed by atoms with Crippen LogP contribution < -0.4 is 10.6 Å². The molecule has 1 amide bonds. The first-order valence-corrected chi connectivity index (χ1v) is 7.71. The van der Waals surface area contributed by atoms with Gasteiger partial charge in [-0.1, -0.05) is 0 Å². The number of carbonyl (C=O) groups excluding carboxylic acids is 1. The summed E-state index contributed by atoms with van der Waals surface area (Å²) in [5, 5.41) is 5.28. The minimum Gasteiger partial charge on any atom is -0.358 e. The van der Waals surface area contributed by atoms with Crippen LogP contribution in [-0.2, 0) is 14.8 Å². The summed E-state index contributed by atoms with van der Waals surface area (Å²) in [5.41, 5.74) is 0. The largest absolute Gasteiger partial charge is 0.358 e. The van der Waals surface area contributed by atoms with E-state index in [-0.39, 0.29) is 13.1 Å². The van der Waals surface area contributed by atoms with E-state index in [2.05, 4.69) is 10.6 Å². The van der Waals surface area contributed by atoms with Gasteiger partial charge in [-0.2, -0.15) is 4.31 Å². The van der Waals surface area contributed by atoms with Crippen molar-refractivity contribution in [1.82, 2.24) is 14.9 Å². The number of carbonyl (C=O) groups is 1. The number of nitrogens with one attached hydrogen (secondary N) is 2. The third kappa shape index (κ3) is 3.04. The second-order valence-electron chi connectivity index (χ2n) is 4.52. The minimum atomic E-state index is -4.22. The highest BCUT2D eigenvalue weighted by molar-refractivity contribution is 7.89. The molecule has 1 saturated heterocycles. The van der Waals surface area contributed by atoms with Gasteiger partial charge in [0.1, 0.15) is 22.6 Å². The first kappa shape index (κ1) is 15.8. The van der Waals surface area contributed by atoms with Crippen LogP contribution in [0.2, 0.25) is 0 Å². The molecular formula is C12H15F2N3O3S. The van der Waals surface area contributed by atoms with Crippen molar-refractivity contribution in [2.45, 2.75) is 10.9 Å². The Hall–Kier alpha value is -1.58. The maximum absolute atomic E-state index is 13.7. The molecule has 1 aliphatic heterocycles. The van der Waals surface area contributed by atoms with Crippen molar-refractivity contribution in [1.29, 1.82) is 0 Å². The van der Waals surface area contributed by atoms with E-state index < -0.39 is 38.5 Å². The number of amides is 1. The molecule has 1 aliphatic rings. The van der Waals surface area contributed by atoms with Crippen molar-refractivity contribution < 1.29 is 22.0 Å². The maximum Gasteiger partial charge on any atom is 0.246 e. The monoisotopic (exact) mass is 319 g/mol. The molecule has 6 nitrogen and oxygen atoms in total. The Morgan fingerprint density at radius 3 is 2.76 bits per heavy atom. The molecule has 0 aliphatic carbocycles. The number of nitrogens with zero attached hydrogens (tertiary/aromatic N) is 1. The summed E-state index contributed by atoms with van der Waals surface area (Å²) in [5.74, 6) is -2.54. The molecule has 0 aromatic heterocycles. The number of sulfonamides is 1. The van der Waals surface area contributed by atoms with E-state index >= 15 is 0 Å². The fraction of sp³-hybridized carbons (Fsp3) is 0.417. The van der Waals surface area contributed by atoms with Gasteiger partial charge in [0.2, 0.25) is 15.9 Å². The summed E-state index contributed by atoms with van der Waals surface area (Å²) in [6, 6.07) is 1.26. The number of halogens is 2. The third-order valence-electron chi connectivity index (χ3n) is 3.22. The number of likely N-dealkylation sites (N-methyl/N-ethyl adjacent to an activating group) is 1. The molecule has 1 aromatic rings. The standard InChI is InChI=1S/C12H15F2N3O3S/c1-15-12(18)10-7-16-4-5-17(10)21(19,20)11-3-2-8(13)6-9(11)14/h2-3,6,10,16H,4-5,7H2,1H3,(H,15,18). The predicted octanol–water partition coefficient (Wildman–Crippen LogP) is -0.327. The van der Waals surface area contributed by atoms with Gasteiger partial charge in [-0.05, 0) is 12.1 Å². The van der Waals surface area contributed by atoms with Gasteiger partial charge < -0.3 is 10.6 Å². The van der Waals surface area contributed by atoms with Crippen molar-refractivity contribution in [2.24, 2.45) is 0 Å². The van der Waals surface area contributed by atoms with Crippen LogP contribution in [0.5, 0.6) is 0 Å². The van der Waals surface area contributed by atoms with Gasteiger partial charge in [-0.25, -0.2) is 17.2 Å². The first-order chi connectivity index (χ1) is 9.87. The van der Waals surface area contributed by atoms with Crippen molar-refractivity contribution in [2.75, 3.05) is 26.7 Å². The average molecular weight is 319 g/mol. The van der Waals surface area contributed by atoms with Crippen LogP contribution in [0.4, 0.5) is 8.78 Å². The molecule has 0 saturated carbocycles. The van der Waals surface area contributed by atoms with Gasteiger partial charge in [0.15, 0.2) is 0 Å². The molecule has 1 unspecified atom stereocenters. The zero-order valence-electron chi connectivity index (χ0n) is 11.3. The summed E-state index contributed by atoms with van der Waals surface area (Å²) in [4.78, 5) is 11.1. The van der Waals surface area contributed by atoms with Gasteiger partial charge >= 0.3 is 0 Å². The topological polar surface area (TPSA) is 78.5 Å². The lowest BCUT2D eigenvalue weighted by Gasteiger charge is -2.33. The van der Waals surface area contributed by atoms with E-state index in [0.29, 0.717) is 12.6 Å². The van der Waals surface area contributed by atoms with E-state index in [1.165, 1.54) is 7.05 Å². The molecule has 1 fully saturated rings. The molecule has 1 atom stereocenters. The fourth-order valence-corrected chi connectivity index (χ4v) is 3.81. The molecule has 0 radical (unpaired) electrons. The number of piperazine rings is 1. The normalized spacial score (nSPS) is 20.2. The summed E-state index contributed by atoms with van der Waals surface area (Å²) < 4.78 is 52.6. The zero-order valence-corrected chi connectivity index (χ0v) is 12.1. The van der Waals surface area contributed by atoms with Crippen LogP contribution in [0.3, 0.4) is 0 Å². The molecule has 9 heteroatoms.